The summed E-state index contributed by atoms with van der Waals surface area (Å²) in [6, 6.07) is 1.20. The van der Waals surface area contributed by atoms with Gasteiger partial charge in [0.15, 0.2) is 17.3 Å². The summed E-state index contributed by atoms with van der Waals surface area (Å²) >= 11 is 5.51. The normalized spacial score (nSPS) is 13.5. The van der Waals surface area contributed by atoms with E-state index in [0.717, 1.165) is 0 Å². The number of alkyl halides is 5. The minimum Gasteiger partial charge on any atom is -0.490 e. The van der Waals surface area contributed by atoms with Crippen LogP contribution in [0.5, 0.6) is 23.0 Å². The molecule has 2 rings (SSSR count). The lowest BCUT2D eigenvalue weighted by molar-refractivity contribution is -0.275. The van der Waals surface area contributed by atoms with Gasteiger partial charge in [-0.1, -0.05) is 11.6 Å². The highest BCUT2D eigenvalue weighted by molar-refractivity contribution is 6.31. The van der Waals surface area contributed by atoms with E-state index in [0.29, 0.717) is 18.2 Å². The molecule has 1 N–H and O–H groups in total. The number of carbonyl (C=O) groups is 1. The van der Waals surface area contributed by atoms with Crippen molar-refractivity contribution in [2.45, 2.75) is 12.8 Å². The van der Waals surface area contributed by atoms with Crippen LogP contribution in [0.25, 0.3) is 0 Å². The molecule has 0 saturated heterocycles. The highest BCUT2D eigenvalue weighted by Crippen LogP contribution is 2.43. The largest absolute Gasteiger partial charge is 0.573 e. The van der Waals surface area contributed by atoms with Crippen LogP contribution in [-0.2, 0) is 0 Å². The van der Waals surface area contributed by atoms with E-state index in [1.165, 1.54) is 0 Å². The number of halogens is 8. The van der Waals surface area contributed by atoms with Gasteiger partial charge in [-0.25, -0.2) is 18.0 Å². The Hall–Kier alpha value is -2.89. The lowest BCUT2D eigenvalue weighted by atomic mass is 10.1. The molecule has 0 aromatic heterocycles. The molecule has 2 aromatic carbocycles. The molecule has 0 fully saturated rings. The zero-order chi connectivity index (χ0) is 24.6. The maximum Gasteiger partial charge on any atom is 0.573 e. The monoisotopic (exact) mass is 451 g/mol. The number of hydrogen-bond acceptors (Lipinski definition) is 4. The first-order valence-electron chi connectivity index (χ1n) is 8.50. The van der Waals surface area contributed by atoms with Gasteiger partial charge >= 0.3 is 12.3 Å². The van der Waals surface area contributed by atoms with Crippen LogP contribution < -0.4 is 14.2 Å². The minimum atomic E-state index is -5.39. The van der Waals surface area contributed by atoms with Crippen LogP contribution >= 0.6 is 11.6 Å². The van der Waals surface area contributed by atoms with Crippen LogP contribution in [0.3, 0.4) is 0 Å². The van der Waals surface area contributed by atoms with E-state index in [2.05, 4.69) is 9.47 Å². The van der Waals surface area contributed by atoms with Gasteiger partial charge in [0.1, 0.15) is 11.3 Å². The second-order valence-corrected chi connectivity index (χ2v) is 5.43. The molecule has 2 aromatic rings. The third-order valence-corrected chi connectivity index (χ3v) is 3.54. The second kappa shape index (κ2) is 8.23. The fourth-order valence-electron chi connectivity index (χ4n) is 2.11. The van der Waals surface area contributed by atoms with E-state index in [-0.39, 0.29) is 0 Å². The molecule has 0 atom stereocenters. The molecule has 0 aliphatic rings. The fourth-order valence-corrected chi connectivity index (χ4v) is 2.37. The maximum atomic E-state index is 14.5. The lowest BCUT2D eigenvalue weighted by Gasteiger charge is -2.17. The van der Waals surface area contributed by atoms with Crippen LogP contribution in [0, 0.1) is 11.6 Å². The van der Waals surface area contributed by atoms with Crippen LogP contribution in [0.1, 0.15) is 26.5 Å². The molecule has 0 heterocycles. The summed E-state index contributed by atoms with van der Waals surface area (Å²) in [6.07, 6.45) is -8.93. The quantitative estimate of drug-likeness (QED) is 0.550. The number of benzene rings is 2. The molecule has 0 radical (unpaired) electrons. The molecule has 0 aliphatic carbocycles. The minimum absolute atomic E-state index is 0.316. The SMILES string of the molecule is [2H]C([2H])([2H])Oc1c(Oc2cc(Cl)c(C(F)F)c(F)c2C(=O)O)ccc(OC(F)(F)F)c1F. The summed E-state index contributed by atoms with van der Waals surface area (Å²) in [4.78, 5) is 11.4. The Balaban J connectivity index is 2.69. The Morgan fingerprint density at radius 1 is 1.17 bits per heavy atom. The summed E-state index contributed by atoms with van der Waals surface area (Å²) < 4.78 is 126. The Bertz CT molecular complexity index is 1040. The van der Waals surface area contributed by atoms with Crippen molar-refractivity contribution in [2.24, 2.45) is 0 Å². The van der Waals surface area contributed by atoms with Gasteiger partial charge in [0, 0.05) is 6.07 Å². The maximum absolute atomic E-state index is 14.5. The highest BCUT2D eigenvalue weighted by atomic mass is 35.5. The predicted octanol–water partition coefficient (Wildman–Crippen LogP) is 5.95. The van der Waals surface area contributed by atoms with Crippen molar-refractivity contribution in [3.05, 3.63) is 46.0 Å². The van der Waals surface area contributed by atoms with E-state index in [1.807, 2.05) is 0 Å². The van der Waals surface area contributed by atoms with E-state index in [4.69, 9.17) is 25.6 Å². The molecule has 0 spiro atoms. The van der Waals surface area contributed by atoms with Crippen molar-refractivity contribution < 1.29 is 59.0 Å². The topological polar surface area (TPSA) is 65.0 Å². The molecule has 158 valence electrons. The molecule has 0 bridgehead atoms. The number of ether oxygens (including phenoxy) is 3. The average Bonchev–Trinajstić information content (AvgIpc) is 2.57. The molecule has 0 aliphatic heterocycles. The third-order valence-electron chi connectivity index (χ3n) is 3.22. The number of carboxylic acid groups (broad SMARTS) is 1. The van der Waals surface area contributed by atoms with Crippen LogP contribution in [0.15, 0.2) is 18.2 Å². The van der Waals surface area contributed by atoms with Crippen molar-refractivity contribution in [3.8, 4) is 23.0 Å². The number of methoxy groups -OCH3 is 1. The van der Waals surface area contributed by atoms with E-state index in [9.17, 15) is 35.5 Å². The van der Waals surface area contributed by atoms with Crippen molar-refractivity contribution in [1.29, 1.82) is 0 Å². The van der Waals surface area contributed by atoms with E-state index < -0.39 is 76.6 Å². The van der Waals surface area contributed by atoms with Gasteiger partial charge in [0.05, 0.1) is 21.7 Å². The first-order valence-corrected chi connectivity index (χ1v) is 7.38. The molecule has 0 saturated carbocycles. The lowest BCUT2D eigenvalue weighted by Crippen LogP contribution is -2.18. The fraction of sp³-hybridized carbons (Fsp3) is 0.188. The predicted molar refractivity (Wildman–Crippen MR) is 83.0 cm³/mol. The first kappa shape index (κ1) is 18.2. The van der Waals surface area contributed by atoms with Gasteiger partial charge in [0.25, 0.3) is 6.43 Å². The van der Waals surface area contributed by atoms with Gasteiger partial charge < -0.3 is 19.3 Å². The second-order valence-electron chi connectivity index (χ2n) is 5.02. The van der Waals surface area contributed by atoms with Crippen molar-refractivity contribution in [3.63, 3.8) is 0 Å². The van der Waals surface area contributed by atoms with E-state index >= 15 is 0 Å². The van der Waals surface area contributed by atoms with Crippen molar-refractivity contribution in [2.75, 3.05) is 7.04 Å². The summed E-state index contributed by atoms with van der Waals surface area (Å²) in [5, 5.41) is 8.15. The Labute approximate surface area is 166 Å². The van der Waals surface area contributed by atoms with Gasteiger partial charge in [-0.3, -0.25) is 0 Å². The van der Waals surface area contributed by atoms with Crippen LogP contribution in [0.2, 0.25) is 5.02 Å². The summed E-state index contributed by atoms with van der Waals surface area (Å²) in [5.74, 6) is -11.4. The molecule has 0 amide bonds. The number of carboxylic acids is 1. The Kier molecular flexibility index (Phi) is 5.15. The molecule has 29 heavy (non-hydrogen) atoms. The Morgan fingerprint density at radius 3 is 2.31 bits per heavy atom. The van der Waals surface area contributed by atoms with Gasteiger partial charge in [-0.15, -0.1) is 13.2 Å². The molecular weight excluding hydrogens is 441 g/mol. The molecule has 0 unspecified atom stereocenters. The third kappa shape index (κ3) is 4.75. The van der Waals surface area contributed by atoms with Gasteiger partial charge in [-0.2, -0.15) is 4.39 Å². The molecule has 5 nitrogen and oxygen atoms in total. The van der Waals surface area contributed by atoms with Gasteiger partial charge in [-0.05, 0) is 12.1 Å². The standard InChI is InChI=1S/C16H8ClF7O5/c1-27-13-7(3-2-6(11(13)18)29-16(22,23)24)28-8-4-5(17)9(14(20)21)12(19)10(8)15(25)26/h2-4,14H,1H3,(H,25,26)/i1D3. The van der Waals surface area contributed by atoms with Crippen molar-refractivity contribution in [1.82, 2.24) is 0 Å². The first-order chi connectivity index (χ1) is 14.5. The van der Waals surface area contributed by atoms with E-state index in [1.54, 1.807) is 0 Å². The van der Waals surface area contributed by atoms with Crippen molar-refractivity contribution >= 4 is 17.6 Å². The summed E-state index contributed by atoms with van der Waals surface area (Å²) in [7, 11) is -3.45. The summed E-state index contributed by atoms with van der Waals surface area (Å²) in [6.45, 7) is 0. The summed E-state index contributed by atoms with van der Waals surface area (Å²) in [5.41, 5.74) is -2.99. The smallest absolute Gasteiger partial charge is 0.490 e. The number of rotatable bonds is 6. The Morgan fingerprint density at radius 2 is 1.79 bits per heavy atom. The number of hydrogen-bond donors (Lipinski definition) is 1. The molecule has 13 heteroatoms. The molecular formula is C16H8ClF7O5. The number of aromatic carboxylic acids is 1. The van der Waals surface area contributed by atoms with Gasteiger partial charge in [0.2, 0.25) is 11.6 Å². The zero-order valence-corrected chi connectivity index (χ0v) is 14.2. The van der Waals surface area contributed by atoms with Crippen LogP contribution in [-0.4, -0.2) is 24.5 Å². The average molecular weight is 452 g/mol. The van der Waals surface area contributed by atoms with Crippen LogP contribution in [0.4, 0.5) is 30.7 Å². The zero-order valence-electron chi connectivity index (χ0n) is 16.4. The highest BCUT2D eigenvalue weighted by Gasteiger charge is 2.34.